The Morgan fingerprint density at radius 3 is 2.83 bits per heavy atom. The molecule has 1 aromatic heterocycles. The van der Waals surface area contributed by atoms with Crippen LogP contribution in [0.2, 0.25) is 0 Å². The molecule has 0 aliphatic rings. The van der Waals surface area contributed by atoms with Gasteiger partial charge in [0.15, 0.2) is 0 Å². The maximum Gasteiger partial charge on any atom is 0.274 e. The second kappa shape index (κ2) is 4.74. The van der Waals surface area contributed by atoms with Crippen LogP contribution < -0.4 is 5.56 Å². The molecule has 2 aromatic rings. The SMILES string of the molecule is O=c1ccncn1Cc1cc(F)ccc1[N+](=O)[O-]. The third-order valence-corrected chi connectivity index (χ3v) is 2.37. The minimum Gasteiger partial charge on any atom is -0.295 e. The summed E-state index contributed by atoms with van der Waals surface area (Å²) in [5, 5.41) is 10.8. The van der Waals surface area contributed by atoms with Crippen LogP contribution in [0.3, 0.4) is 0 Å². The minimum atomic E-state index is -0.615. The Kier molecular flexibility index (Phi) is 3.13. The van der Waals surface area contributed by atoms with E-state index in [0.29, 0.717) is 0 Å². The first kappa shape index (κ1) is 11.9. The highest BCUT2D eigenvalue weighted by Gasteiger charge is 2.15. The monoisotopic (exact) mass is 249 g/mol. The van der Waals surface area contributed by atoms with Gasteiger partial charge in [0.2, 0.25) is 0 Å². The number of aromatic nitrogens is 2. The number of halogens is 1. The van der Waals surface area contributed by atoms with E-state index < -0.39 is 10.7 Å². The summed E-state index contributed by atoms with van der Waals surface area (Å²) in [6.07, 6.45) is 2.57. The van der Waals surface area contributed by atoms with Gasteiger partial charge in [0, 0.05) is 18.3 Å². The zero-order valence-corrected chi connectivity index (χ0v) is 9.12. The predicted molar refractivity (Wildman–Crippen MR) is 60.7 cm³/mol. The van der Waals surface area contributed by atoms with E-state index in [9.17, 15) is 19.3 Å². The first-order chi connectivity index (χ1) is 8.58. The number of hydrogen-bond donors (Lipinski definition) is 0. The van der Waals surface area contributed by atoms with Crippen molar-refractivity contribution in [2.45, 2.75) is 6.54 Å². The molecule has 0 radical (unpaired) electrons. The molecule has 0 spiro atoms. The highest BCUT2D eigenvalue weighted by Crippen LogP contribution is 2.19. The van der Waals surface area contributed by atoms with E-state index in [-0.39, 0.29) is 23.4 Å². The molecule has 2 rings (SSSR count). The van der Waals surface area contributed by atoms with Crippen LogP contribution in [-0.4, -0.2) is 14.5 Å². The van der Waals surface area contributed by atoms with E-state index in [1.165, 1.54) is 23.2 Å². The smallest absolute Gasteiger partial charge is 0.274 e. The predicted octanol–water partition coefficient (Wildman–Crippen LogP) is 1.34. The van der Waals surface area contributed by atoms with Gasteiger partial charge < -0.3 is 0 Å². The van der Waals surface area contributed by atoms with Gasteiger partial charge in [0.1, 0.15) is 5.82 Å². The number of nitro groups is 1. The quantitative estimate of drug-likeness (QED) is 0.607. The number of rotatable bonds is 3. The van der Waals surface area contributed by atoms with Crippen LogP contribution in [0.4, 0.5) is 10.1 Å². The van der Waals surface area contributed by atoms with E-state index in [0.717, 1.165) is 18.2 Å². The van der Waals surface area contributed by atoms with Gasteiger partial charge in [-0.05, 0) is 12.1 Å². The molecule has 0 bridgehead atoms. The van der Waals surface area contributed by atoms with Crippen LogP contribution in [0.1, 0.15) is 5.56 Å². The molecule has 0 aliphatic carbocycles. The summed E-state index contributed by atoms with van der Waals surface area (Å²) in [6, 6.07) is 4.35. The number of benzene rings is 1. The molecule has 0 aliphatic heterocycles. The van der Waals surface area contributed by atoms with Crippen LogP contribution >= 0.6 is 0 Å². The molecule has 18 heavy (non-hydrogen) atoms. The van der Waals surface area contributed by atoms with Gasteiger partial charge in [-0.25, -0.2) is 9.37 Å². The van der Waals surface area contributed by atoms with Gasteiger partial charge in [0.25, 0.3) is 11.2 Å². The molecule has 0 amide bonds. The van der Waals surface area contributed by atoms with E-state index in [1.54, 1.807) is 0 Å². The average molecular weight is 249 g/mol. The van der Waals surface area contributed by atoms with E-state index >= 15 is 0 Å². The second-order valence-electron chi connectivity index (χ2n) is 3.58. The van der Waals surface area contributed by atoms with Crippen LogP contribution in [0, 0.1) is 15.9 Å². The lowest BCUT2D eigenvalue weighted by Crippen LogP contribution is -2.19. The summed E-state index contributed by atoms with van der Waals surface area (Å²) in [5.41, 5.74) is -0.467. The molecular formula is C11H8FN3O3. The number of nitro benzene ring substituents is 1. The molecule has 7 heteroatoms. The zero-order valence-electron chi connectivity index (χ0n) is 9.12. The standard InChI is InChI=1S/C11H8FN3O3/c12-9-1-2-10(15(17)18)8(5-9)6-14-7-13-4-3-11(14)16/h1-5,7H,6H2. The first-order valence-corrected chi connectivity index (χ1v) is 5.01. The van der Waals surface area contributed by atoms with Gasteiger partial charge in [-0.15, -0.1) is 0 Å². The highest BCUT2D eigenvalue weighted by atomic mass is 19.1. The third kappa shape index (κ3) is 2.40. The van der Waals surface area contributed by atoms with Gasteiger partial charge in [-0.2, -0.15) is 0 Å². The average Bonchev–Trinajstić information content (AvgIpc) is 2.32. The Balaban J connectivity index is 2.46. The summed E-state index contributed by atoms with van der Waals surface area (Å²) in [6.45, 7) is -0.0965. The van der Waals surface area contributed by atoms with Crippen LogP contribution in [0.15, 0.2) is 41.6 Å². The van der Waals surface area contributed by atoms with Gasteiger partial charge in [-0.3, -0.25) is 19.5 Å². The third-order valence-electron chi connectivity index (χ3n) is 2.37. The second-order valence-corrected chi connectivity index (χ2v) is 3.58. The maximum atomic E-state index is 13.1. The fraction of sp³-hybridized carbons (Fsp3) is 0.0909. The van der Waals surface area contributed by atoms with Crippen molar-refractivity contribution in [1.82, 2.24) is 9.55 Å². The van der Waals surface area contributed by atoms with Gasteiger partial charge in [0.05, 0.1) is 23.4 Å². The van der Waals surface area contributed by atoms with Crippen molar-refractivity contribution in [3.63, 3.8) is 0 Å². The molecule has 92 valence electrons. The first-order valence-electron chi connectivity index (χ1n) is 5.01. The molecule has 0 saturated carbocycles. The lowest BCUT2D eigenvalue weighted by molar-refractivity contribution is -0.385. The Morgan fingerprint density at radius 1 is 1.39 bits per heavy atom. The van der Waals surface area contributed by atoms with Gasteiger partial charge >= 0.3 is 0 Å². The molecule has 0 unspecified atom stereocenters. The van der Waals surface area contributed by atoms with Crippen LogP contribution in [0.5, 0.6) is 0 Å². The zero-order chi connectivity index (χ0) is 13.1. The lowest BCUT2D eigenvalue weighted by Gasteiger charge is -2.05. The molecule has 0 fully saturated rings. The summed E-state index contributed by atoms with van der Waals surface area (Å²) < 4.78 is 14.3. The largest absolute Gasteiger partial charge is 0.295 e. The molecule has 0 N–H and O–H groups in total. The maximum absolute atomic E-state index is 13.1. The van der Waals surface area contributed by atoms with Crippen molar-refractivity contribution < 1.29 is 9.31 Å². The molecule has 0 atom stereocenters. The summed E-state index contributed by atoms with van der Waals surface area (Å²) in [5.74, 6) is -0.590. The van der Waals surface area contributed by atoms with Crippen molar-refractivity contribution in [2.75, 3.05) is 0 Å². The number of nitrogens with zero attached hydrogens (tertiary/aromatic N) is 3. The molecule has 1 aromatic carbocycles. The van der Waals surface area contributed by atoms with Crippen LogP contribution in [-0.2, 0) is 6.54 Å². The van der Waals surface area contributed by atoms with E-state index in [4.69, 9.17) is 0 Å². The van der Waals surface area contributed by atoms with E-state index in [1.807, 2.05) is 0 Å². The Bertz CT molecular complexity index is 654. The normalized spacial score (nSPS) is 10.3. The fourth-order valence-electron chi connectivity index (χ4n) is 1.54. The van der Waals surface area contributed by atoms with Gasteiger partial charge in [-0.1, -0.05) is 0 Å². The summed E-state index contributed by atoms with van der Waals surface area (Å²) >= 11 is 0. The van der Waals surface area contributed by atoms with Crippen molar-refractivity contribution in [3.05, 3.63) is 68.6 Å². The summed E-state index contributed by atoms with van der Waals surface area (Å²) in [4.78, 5) is 25.4. The Morgan fingerprint density at radius 2 is 2.17 bits per heavy atom. The lowest BCUT2D eigenvalue weighted by atomic mass is 10.1. The van der Waals surface area contributed by atoms with Crippen molar-refractivity contribution >= 4 is 5.69 Å². The Hall–Kier alpha value is -2.57. The minimum absolute atomic E-state index is 0.0965. The van der Waals surface area contributed by atoms with Crippen molar-refractivity contribution in [3.8, 4) is 0 Å². The Labute approximate surface area is 100 Å². The molecule has 1 heterocycles. The molecule has 6 nitrogen and oxygen atoms in total. The molecule has 0 saturated heterocycles. The fourth-order valence-corrected chi connectivity index (χ4v) is 1.54. The number of hydrogen-bond acceptors (Lipinski definition) is 4. The van der Waals surface area contributed by atoms with Crippen molar-refractivity contribution in [1.29, 1.82) is 0 Å². The van der Waals surface area contributed by atoms with E-state index in [2.05, 4.69) is 4.98 Å². The highest BCUT2D eigenvalue weighted by molar-refractivity contribution is 5.40. The van der Waals surface area contributed by atoms with Crippen molar-refractivity contribution in [2.24, 2.45) is 0 Å². The molecular weight excluding hydrogens is 241 g/mol. The summed E-state index contributed by atoms with van der Waals surface area (Å²) in [7, 11) is 0. The van der Waals surface area contributed by atoms with Crippen LogP contribution in [0.25, 0.3) is 0 Å². The topological polar surface area (TPSA) is 78.0 Å².